The molecule has 182 valence electrons. The zero-order valence-corrected chi connectivity index (χ0v) is 20.1. The minimum Gasteiger partial charge on any atom is -0.379 e. The van der Waals surface area contributed by atoms with Crippen LogP contribution in [0.4, 0.5) is 21.6 Å². The van der Waals surface area contributed by atoms with Crippen LogP contribution in [-0.2, 0) is 11.3 Å². The van der Waals surface area contributed by atoms with Gasteiger partial charge < -0.3 is 15.5 Å². The van der Waals surface area contributed by atoms with Gasteiger partial charge in [0.1, 0.15) is 5.82 Å². The Morgan fingerprint density at radius 3 is 2.46 bits per heavy atom. The number of nitrogens with one attached hydrogen (secondary N) is 2. The molecule has 1 saturated heterocycles. The lowest BCUT2D eigenvalue weighted by molar-refractivity contribution is -0.131. The van der Waals surface area contributed by atoms with Crippen molar-refractivity contribution in [2.24, 2.45) is 0 Å². The van der Waals surface area contributed by atoms with Gasteiger partial charge in [-0.1, -0.05) is 31.2 Å². The highest BCUT2D eigenvalue weighted by atomic mass is 19.1. The number of benzene rings is 2. The molecule has 1 amide bonds. The fraction of sp³-hybridized carbons (Fsp3) is 0.333. The standard InChI is InChI=1S/C27H30FN5O2/c1-3-26(35)33-13-11-21(12-14-33)20-7-9-23(10-8-20)30-25-16-24(27(18(2)34)32-31-25)29-17-19-5-4-6-22(28)15-19/h4-10,15-16,21H,3,11-14,17H2,1-2H3,(H2,29,30,31). The summed E-state index contributed by atoms with van der Waals surface area (Å²) in [6.07, 6.45) is 2.50. The molecule has 2 heterocycles. The molecule has 8 heteroatoms. The fourth-order valence-electron chi connectivity index (χ4n) is 4.36. The molecular formula is C27H30FN5O2. The predicted molar refractivity (Wildman–Crippen MR) is 134 cm³/mol. The maximum atomic E-state index is 13.5. The zero-order valence-electron chi connectivity index (χ0n) is 20.1. The predicted octanol–water partition coefficient (Wildman–Crippen LogP) is 5.29. The molecule has 7 nitrogen and oxygen atoms in total. The van der Waals surface area contributed by atoms with Gasteiger partial charge >= 0.3 is 0 Å². The minimum absolute atomic E-state index is 0.207. The van der Waals surface area contributed by atoms with Gasteiger partial charge in [0.05, 0.1) is 5.69 Å². The molecule has 1 aliphatic rings. The maximum Gasteiger partial charge on any atom is 0.222 e. The van der Waals surface area contributed by atoms with E-state index in [0.29, 0.717) is 30.4 Å². The molecule has 2 N–H and O–H groups in total. The fourth-order valence-corrected chi connectivity index (χ4v) is 4.36. The van der Waals surface area contributed by atoms with Gasteiger partial charge in [-0.3, -0.25) is 9.59 Å². The van der Waals surface area contributed by atoms with Gasteiger partial charge in [0, 0.05) is 44.7 Å². The second-order valence-electron chi connectivity index (χ2n) is 8.79. The summed E-state index contributed by atoms with van der Waals surface area (Å²) >= 11 is 0. The van der Waals surface area contributed by atoms with Crippen LogP contribution in [0.25, 0.3) is 0 Å². The van der Waals surface area contributed by atoms with Crippen molar-refractivity contribution < 1.29 is 14.0 Å². The number of likely N-dealkylation sites (tertiary alicyclic amines) is 1. The number of halogens is 1. The molecule has 3 aromatic rings. The number of anilines is 3. The van der Waals surface area contributed by atoms with E-state index in [0.717, 1.165) is 37.2 Å². The number of hydrogen-bond acceptors (Lipinski definition) is 6. The van der Waals surface area contributed by atoms with Gasteiger partial charge in [-0.05, 0) is 54.2 Å². The van der Waals surface area contributed by atoms with Crippen molar-refractivity contribution >= 4 is 28.9 Å². The number of aromatic nitrogens is 2. The Morgan fingerprint density at radius 2 is 1.80 bits per heavy atom. The number of amides is 1. The SMILES string of the molecule is CCC(=O)N1CCC(c2ccc(Nc3cc(NCc4cccc(F)c4)c(C(C)=O)nn3)cc2)CC1. The van der Waals surface area contributed by atoms with Gasteiger partial charge in [-0.25, -0.2) is 4.39 Å². The number of Topliss-reactive ketones (excluding diaryl/α,β-unsaturated/α-hetero) is 1. The van der Waals surface area contributed by atoms with E-state index in [1.165, 1.54) is 24.6 Å². The topological polar surface area (TPSA) is 87.2 Å². The second-order valence-corrected chi connectivity index (χ2v) is 8.79. The first-order valence-corrected chi connectivity index (χ1v) is 11.9. The Labute approximate surface area is 204 Å². The number of hydrogen-bond donors (Lipinski definition) is 2. The lowest BCUT2D eigenvalue weighted by Crippen LogP contribution is -2.37. The minimum atomic E-state index is -0.310. The number of rotatable bonds is 8. The molecule has 4 rings (SSSR count). The quantitative estimate of drug-likeness (QED) is 0.431. The molecule has 0 bridgehead atoms. The Balaban J connectivity index is 1.41. The van der Waals surface area contributed by atoms with Gasteiger partial charge in [-0.15, -0.1) is 10.2 Å². The molecule has 2 aromatic carbocycles. The summed E-state index contributed by atoms with van der Waals surface area (Å²) in [5.41, 5.74) is 3.63. The smallest absolute Gasteiger partial charge is 0.222 e. The first-order chi connectivity index (χ1) is 16.9. The molecule has 0 saturated carbocycles. The lowest BCUT2D eigenvalue weighted by Gasteiger charge is -2.32. The number of carbonyl (C=O) groups is 2. The van der Waals surface area contributed by atoms with Crippen LogP contribution in [0.5, 0.6) is 0 Å². The molecule has 1 aliphatic heterocycles. The van der Waals surface area contributed by atoms with E-state index in [9.17, 15) is 14.0 Å². The summed E-state index contributed by atoms with van der Waals surface area (Å²) < 4.78 is 13.5. The molecule has 1 aromatic heterocycles. The van der Waals surface area contributed by atoms with E-state index >= 15 is 0 Å². The van der Waals surface area contributed by atoms with E-state index in [-0.39, 0.29) is 23.2 Å². The van der Waals surface area contributed by atoms with E-state index in [4.69, 9.17) is 0 Å². The molecule has 0 unspecified atom stereocenters. The van der Waals surface area contributed by atoms with Crippen molar-refractivity contribution in [1.82, 2.24) is 15.1 Å². The van der Waals surface area contributed by atoms with Crippen molar-refractivity contribution in [3.8, 4) is 0 Å². The molecular weight excluding hydrogens is 445 g/mol. The molecule has 0 aliphatic carbocycles. The van der Waals surface area contributed by atoms with E-state index in [1.807, 2.05) is 30.0 Å². The monoisotopic (exact) mass is 475 g/mol. The summed E-state index contributed by atoms with van der Waals surface area (Å²) in [7, 11) is 0. The Bertz CT molecular complexity index is 1190. The van der Waals surface area contributed by atoms with Crippen molar-refractivity contribution in [3.63, 3.8) is 0 Å². The van der Waals surface area contributed by atoms with Crippen LogP contribution in [0.3, 0.4) is 0 Å². The van der Waals surface area contributed by atoms with E-state index in [1.54, 1.807) is 12.1 Å². The third kappa shape index (κ3) is 6.20. The van der Waals surface area contributed by atoms with Gasteiger partial charge in [-0.2, -0.15) is 0 Å². The van der Waals surface area contributed by atoms with Crippen molar-refractivity contribution in [1.29, 1.82) is 0 Å². The van der Waals surface area contributed by atoms with Crippen molar-refractivity contribution in [2.45, 2.75) is 45.6 Å². The van der Waals surface area contributed by atoms with Crippen LogP contribution in [-0.4, -0.2) is 39.9 Å². The highest BCUT2D eigenvalue weighted by Crippen LogP contribution is 2.30. The Kier molecular flexibility index (Phi) is 7.70. The van der Waals surface area contributed by atoms with Gasteiger partial charge in [0.2, 0.25) is 5.91 Å². The van der Waals surface area contributed by atoms with Crippen LogP contribution in [0.1, 0.15) is 60.6 Å². The van der Waals surface area contributed by atoms with Crippen molar-refractivity contribution in [3.05, 3.63) is 77.2 Å². The van der Waals surface area contributed by atoms with Crippen LogP contribution >= 0.6 is 0 Å². The molecule has 0 radical (unpaired) electrons. The second kappa shape index (κ2) is 11.1. The summed E-state index contributed by atoms with van der Waals surface area (Å²) in [5, 5.41) is 14.7. The number of ketones is 1. The number of piperidine rings is 1. The third-order valence-electron chi connectivity index (χ3n) is 6.30. The van der Waals surface area contributed by atoms with Crippen LogP contribution in [0, 0.1) is 5.82 Å². The largest absolute Gasteiger partial charge is 0.379 e. The summed E-state index contributed by atoms with van der Waals surface area (Å²) in [4.78, 5) is 25.9. The van der Waals surface area contributed by atoms with Gasteiger partial charge in [0.25, 0.3) is 0 Å². The zero-order chi connectivity index (χ0) is 24.8. The van der Waals surface area contributed by atoms with E-state index < -0.39 is 0 Å². The van der Waals surface area contributed by atoms with Crippen LogP contribution < -0.4 is 10.6 Å². The normalized spacial score (nSPS) is 14.0. The summed E-state index contributed by atoms with van der Waals surface area (Å²) in [6, 6.07) is 16.2. The Hall–Kier alpha value is -3.81. The molecule has 0 atom stereocenters. The average molecular weight is 476 g/mol. The number of carbonyl (C=O) groups excluding carboxylic acids is 2. The molecule has 1 fully saturated rings. The number of nitrogens with zero attached hydrogens (tertiary/aromatic N) is 3. The van der Waals surface area contributed by atoms with Gasteiger partial charge in [0.15, 0.2) is 17.3 Å². The molecule has 35 heavy (non-hydrogen) atoms. The first-order valence-electron chi connectivity index (χ1n) is 11.9. The van der Waals surface area contributed by atoms with Crippen LogP contribution in [0.15, 0.2) is 54.6 Å². The molecule has 0 spiro atoms. The lowest BCUT2D eigenvalue weighted by atomic mass is 9.89. The Morgan fingerprint density at radius 1 is 1.06 bits per heavy atom. The summed E-state index contributed by atoms with van der Waals surface area (Å²) in [6.45, 7) is 5.30. The highest BCUT2D eigenvalue weighted by molar-refractivity contribution is 5.97. The average Bonchev–Trinajstić information content (AvgIpc) is 2.87. The third-order valence-corrected chi connectivity index (χ3v) is 6.30. The van der Waals surface area contributed by atoms with E-state index in [2.05, 4.69) is 33.0 Å². The van der Waals surface area contributed by atoms with Crippen LogP contribution in [0.2, 0.25) is 0 Å². The first kappa shape index (κ1) is 24.3. The maximum absolute atomic E-state index is 13.5. The highest BCUT2D eigenvalue weighted by Gasteiger charge is 2.22. The van der Waals surface area contributed by atoms with Crippen molar-refractivity contribution in [2.75, 3.05) is 23.7 Å². The summed E-state index contributed by atoms with van der Waals surface area (Å²) in [5.74, 6) is 0.648.